The smallest absolute Gasteiger partial charge is 0.253 e. The number of carbonyl (C=O) groups excluding carboxylic acids is 1. The van der Waals surface area contributed by atoms with Crippen LogP contribution in [-0.4, -0.2) is 36.5 Å². The maximum atomic E-state index is 12.1. The van der Waals surface area contributed by atoms with E-state index in [1.54, 1.807) is 12.1 Å². The summed E-state index contributed by atoms with van der Waals surface area (Å²) < 4.78 is 0.865. The number of rotatable bonds is 5. The lowest BCUT2D eigenvalue weighted by Crippen LogP contribution is -2.39. The van der Waals surface area contributed by atoms with Gasteiger partial charge in [0.05, 0.1) is 5.56 Å². The van der Waals surface area contributed by atoms with Gasteiger partial charge in [0.25, 0.3) is 5.91 Å². The molecule has 116 valence electrons. The Morgan fingerprint density at radius 3 is 3.05 bits per heavy atom. The Kier molecular flexibility index (Phi) is 6.06. The number of anilines is 1. The first kappa shape index (κ1) is 16.3. The third-order valence-corrected chi connectivity index (χ3v) is 4.60. The molecule has 21 heavy (non-hydrogen) atoms. The van der Waals surface area contributed by atoms with Gasteiger partial charge in [-0.3, -0.25) is 4.79 Å². The molecule has 1 aliphatic rings. The zero-order chi connectivity index (χ0) is 15.2. The second-order valence-corrected chi connectivity index (χ2v) is 6.64. The van der Waals surface area contributed by atoms with Crippen LogP contribution in [0.5, 0.6) is 0 Å². The van der Waals surface area contributed by atoms with Crippen molar-refractivity contribution in [2.45, 2.75) is 38.6 Å². The maximum absolute atomic E-state index is 12.1. The second kappa shape index (κ2) is 7.80. The summed E-state index contributed by atoms with van der Waals surface area (Å²) >= 11 is 3.36. The Balaban J connectivity index is 1.75. The van der Waals surface area contributed by atoms with E-state index in [9.17, 15) is 4.79 Å². The largest absolute Gasteiger partial charge is 0.398 e. The highest BCUT2D eigenvalue weighted by molar-refractivity contribution is 9.10. The van der Waals surface area contributed by atoms with Gasteiger partial charge in [0, 0.05) is 29.3 Å². The number of nitrogens with one attached hydrogen (secondary N) is 1. The molecule has 3 N–H and O–H groups in total. The Hall–Kier alpha value is -1.07. The molecule has 5 heteroatoms. The molecule has 1 aromatic rings. The van der Waals surface area contributed by atoms with Gasteiger partial charge in [-0.05, 0) is 50.9 Å². The Morgan fingerprint density at radius 2 is 2.29 bits per heavy atom. The van der Waals surface area contributed by atoms with Crippen LogP contribution in [0.15, 0.2) is 22.7 Å². The van der Waals surface area contributed by atoms with E-state index in [2.05, 4.69) is 33.1 Å². The van der Waals surface area contributed by atoms with Crippen LogP contribution in [0.3, 0.4) is 0 Å². The summed E-state index contributed by atoms with van der Waals surface area (Å²) in [5.74, 6) is -0.0968. The van der Waals surface area contributed by atoms with Crippen molar-refractivity contribution < 1.29 is 4.79 Å². The first-order valence-corrected chi connectivity index (χ1v) is 8.44. The van der Waals surface area contributed by atoms with Crippen LogP contribution in [0, 0.1) is 0 Å². The molecule has 1 unspecified atom stereocenters. The summed E-state index contributed by atoms with van der Waals surface area (Å²) in [7, 11) is 0. The molecular formula is C16H24BrN3O. The number of benzene rings is 1. The number of likely N-dealkylation sites (tertiary alicyclic amines) is 1. The first-order valence-electron chi connectivity index (χ1n) is 7.65. The van der Waals surface area contributed by atoms with Gasteiger partial charge < -0.3 is 16.0 Å². The maximum Gasteiger partial charge on any atom is 0.253 e. The van der Waals surface area contributed by atoms with Crippen molar-refractivity contribution in [3.63, 3.8) is 0 Å². The minimum Gasteiger partial charge on any atom is -0.398 e. The molecule has 2 rings (SSSR count). The number of amides is 1. The van der Waals surface area contributed by atoms with E-state index in [0.717, 1.165) is 17.4 Å². The number of hydrogen-bond donors (Lipinski definition) is 2. The van der Waals surface area contributed by atoms with E-state index in [1.165, 1.54) is 25.8 Å². The Morgan fingerprint density at radius 1 is 1.48 bits per heavy atom. The van der Waals surface area contributed by atoms with E-state index in [-0.39, 0.29) is 5.91 Å². The van der Waals surface area contributed by atoms with E-state index < -0.39 is 0 Å². The van der Waals surface area contributed by atoms with Gasteiger partial charge in [0.15, 0.2) is 0 Å². The fourth-order valence-corrected chi connectivity index (χ4v) is 3.16. The van der Waals surface area contributed by atoms with Crippen LogP contribution in [0.25, 0.3) is 0 Å². The van der Waals surface area contributed by atoms with Gasteiger partial charge in [0.2, 0.25) is 0 Å². The van der Waals surface area contributed by atoms with Crippen molar-refractivity contribution in [2.24, 2.45) is 0 Å². The molecule has 1 fully saturated rings. The molecule has 1 aliphatic heterocycles. The molecule has 0 aromatic heterocycles. The molecule has 1 aromatic carbocycles. The Labute approximate surface area is 135 Å². The predicted octanol–water partition coefficient (Wildman–Crippen LogP) is 3.03. The molecule has 4 nitrogen and oxygen atoms in total. The van der Waals surface area contributed by atoms with Crippen molar-refractivity contribution in [3.05, 3.63) is 28.2 Å². The number of carbonyl (C=O) groups is 1. The van der Waals surface area contributed by atoms with Crippen LogP contribution in [-0.2, 0) is 0 Å². The second-order valence-electron chi connectivity index (χ2n) is 5.72. The van der Waals surface area contributed by atoms with E-state index in [1.807, 2.05) is 6.07 Å². The molecule has 0 spiro atoms. The summed E-state index contributed by atoms with van der Waals surface area (Å²) in [6, 6.07) is 6.02. The highest BCUT2D eigenvalue weighted by Crippen LogP contribution is 2.18. The van der Waals surface area contributed by atoms with Crippen molar-refractivity contribution in [1.29, 1.82) is 0 Å². The molecule has 1 saturated heterocycles. The van der Waals surface area contributed by atoms with Crippen molar-refractivity contribution in [3.8, 4) is 0 Å². The number of nitrogens with two attached hydrogens (primary N) is 1. The molecular weight excluding hydrogens is 330 g/mol. The van der Waals surface area contributed by atoms with Gasteiger partial charge in [0.1, 0.15) is 0 Å². The number of nitrogens with zero attached hydrogens (tertiary/aromatic N) is 1. The zero-order valence-electron chi connectivity index (χ0n) is 12.6. The third kappa shape index (κ3) is 4.71. The summed E-state index contributed by atoms with van der Waals surface area (Å²) in [6.07, 6.45) is 4.91. The average Bonchev–Trinajstić information content (AvgIpc) is 2.47. The number of halogens is 1. The molecule has 0 radical (unpaired) electrons. The molecule has 1 heterocycles. The lowest BCUT2D eigenvalue weighted by atomic mass is 10.0. The normalized spacial score (nSPS) is 19.4. The molecule has 1 atom stereocenters. The van der Waals surface area contributed by atoms with Crippen LogP contribution in [0.4, 0.5) is 5.69 Å². The van der Waals surface area contributed by atoms with Crippen LogP contribution in [0.1, 0.15) is 43.0 Å². The topological polar surface area (TPSA) is 58.4 Å². The van der Waals surface area contributed by atoms with Gasteiger partial charge in [-0.2, -0.15) is 0 Å². The van der Waals surface area contributed by atoms with Crippen molar-refractivity contribution in [1.82, 2.24) is 10.2 Å². The van der Waals surface area contributed by atoms with E-state index in [4.69, 9.17) is 5.73 Å². The molecule has 0 saturated carbocycles. The van der Waals surface area contributed by atoms with Crippen LogP contribution < -0.4 is 11.1 Å². The summed E-state index contributed by atoms with van der Waals surface area (Å²) in [4.78, 5) is 14.6. The molecule has 1 amide bonds. The first-order chi connectivity index (χ1) is 10.1. The van der Waals surface area contributed by atoms with Crippen molar-refractivity contribution in [2.75, 3.05) is 25.4 Å². The molecule has 0 bridgehead atoms. The average molecular weight is 354 g/mol. The van der Waals surface area contributed by atoms with E-state index in [0.29, 0.717) is 23.8 Å². The minimum atomic E-state index is -0.0968. The van der Waals surface area contributed by atoms with E-state index >= 15 is 0 Å². The number of nitrogen functional groups attached to an aromatic ring is 1. The van der Waals surface area contributed by atoms with Gasteiger partial charge in [-0.1, -0.05) is 22.4 Å². The van der Waals surface area contributed by atoms with Gasteiger partial charge in [-0.25, -0.2) is 0 Å². The quantitative estimate of drug-likeness (QED) is 0.631. The Bertz CT molecular complexity index is 492. The summed E-state index contributed by atoms with van der Waals surface area (Å²) in [5.41, 5.74) is 6.89. The SMILES string of the molecule is CC1CCCCN1CCCNC(=O)c1cc(Br)ccc1N. The zero-order valence-corrected chi connectivity index (χ0v) is 14.2. The highest BCUT2D eigenvalue weighted by Gasteiger charge is 2.17. The standard InChI is InChI=1S/C16H24BrN3O/c1-12-5-2-3-9-20(12)10-4-8-19-16(21)14-11-13(17)6-7-15(14)18/h6-7,11-12H,2-5,8-10,18H2,1H3,(H,19,21). The lowest BCUT2D eigenvalue weighted by molar-refractivity contribution is 0.0949. The summed E-state index contributed by atoms with van der Waals surface area (Å²) in [6.45, 7) is 5.22. The monoisotopic (exact) mass is 353 g/mol. The molecule has 0 aliphatic carbocycles. The lowest BCUT2D eigenvalue weighted by Gasteiger charge is -2.33. The predicted molar refractivity (Wildman–Crippen MR) is 90.4 cm³/mol. The number of hydrogen-bond acceptors (Lipinski definition) is 3. The minimum absolute atomic E-state index is 0.0968. The fourth-order valence-electron chi connectivity index (χ4n) is 2.79. The van der Waals surface area contributed by atoms with Gasteiger partial charge >= 0.3 is 0 Å². The third-order valence-electron chi connectivity index (χ3n) is 4.11. The van der Waals surface area contributed by atoms with Crippen LogP contribution in [0.2, 0.25) is 0 Å². The van der Waals surface area contributed by atoms with Crippen LogP contribution >= 0.6 is 15.9 Å². The highest BCUT2D eigenvalue weighted by atomic mass is 79.9. The fraction of sp³-hybridized carbons (Fsp3) is 0.562. The van der Waals surface area contributed by atoms with Gasteiger partial charge in [-0.15, -0.1) is 0 Å². The number of piperidine rings is 1. The van der Waals surface area contributed by atoms with Crippen molar-refractivity contribution >= 4 is 27.5 Å². The summed E-state index contributed by atoms with van der Waals surface area (Å²) in [5, 5.41) is 2.95.